The summed E-state index contributed by atoms with van der Waals surface area (Å²) in [6.45, 7) is 7.35. The number of hydrogen-bond acceptors (Lipinski definition) is 3. The quantitative estimate of drug-likeness (QED) is 0.828. The van der Waals surface area contributed by atoms with Crippen LogP contribution in [0.2, 0.25) is 0 Å². The lowest BCUT2D eigenvalue weighted by atomic mass is 10.0. The molecular formula is C17H26N2O3S. The summed E-state index contributed by atoms with van der Waals surface area (Å²) >= 11 is 0. The van der Waals surface area contributed by atoms with Crippen LogP contribution in [-0.4, -0.2) is 50.2 Å². The van der Waals surface area contributed by atoms with Crippen LogP contribution in [0.4, 0.5) is 0 Å². The standard InChI is InChI=1S/C17H26N2O3S/c1-13(2)16-7-5-6-8-17(16)23(21,22)18(4)11-15-9-10-19(12-15)14(3)20/h5-8,13,15H,9-12H2,1-4H3. The van der Waals surface area contributed by atoms with Crippen LogP contribution in [0.25, 0.3) is 0 Å². The third-order valence-electron chi connectivity index (χ3n) is 4.48. The molecule has 0 aliphatic carbocycles. The Balaban J connectivity index is 2.16. The summed E-state index contributed by atoms with van der Waals surface area (Å²) in [4.78, 5) is 13.6. The second kappa shape index (κ2) is 7.01. The highest BCUT2D eigenvalue weighted by Crippen LogP contribution is 2.27. The molecule has 6 heteroatoms. The smallest absolute Gasteiger partial charge is 0.243 e. The summed E-state index contributed by atoms with van der Waals surface area (Å²) in [5, 5.41) is 0. The van der Waals surface area contributed by atoms with E-state index >= 15 is 0 Å². The molecule has 2 rings (SSSR count). The van der Waals surface area contributed by atoms with Gasteiger partial charge in [-0.15, -0.1) is 0 Å². The lowest BCUT2D eigenvalue weighted by molar-refractivity contribution is -0.127. The van der Waals surface area contributed by atoms with E-state index in [0.717, 1.165) is 18.5 Å². The second-order valence-corrected chi connectivity index (χ2v) is 8.61. The van der Waals surface area contributed by atoms with E-state index in [4.69, 9.17) is 0 Å². The second-order valence-electron chi connectivity index (χ2n) is 6.60. The van der Waals surface area contributed by atoms with Gasteiger partial charge in [-0.1, -0.05) is 32.0 Å². The van der Waals surface area contributed by atoms with Crippen molar-refractivity contribution in [2.75, 3.05) is 26.7 Å². The van der Waals surface area contributed by atoms with Gasteiger partial charge < -0.3 is 4.90 Å². The summed E-state index contributed by atoms with van der Waals surface area (Å²) in [7, 11) is -1.88. The lowest BCUT2D eigenvalue weighted by Gasteiger charge is -2.23. The monoisotopic (exact) mass is 338 g/mol. The predicted octanol–water partition coefficient (Wildman–Crippen LogP) is 2.30. The summed E-state index contributed by atoms with van der Waals surface area (Å²) in [6, 6.07) is 7.19. The fourth-order valence-corrected chi connectivity index (χ4v) is 4.68. The van der Waals surface area contributed by atoms with Gasteiger partial charge in [0.15, 0.2) is 0 Å². The fraction of sp³-hybridized carbons (Fsp3) is 0.588. The molecule has 1 aliphatic heterocycles. The molecule has 23 heavy (non-hydrogen) atoms. The predicted molar refractivity (Wildman–Crippen MR) is 90.7 cm³/mol. The molecule has 1 unspecified atom stereocenters. The number of benzene rings is 1. The van der Waals surface area contributed by atoms with E-state index in [9.17, 15) is 13.2 Å². The summed E-state index contributed by atoms with van der Waals surface area (Å²) in [6.07, 6.45) is 0.852. The van der Waals surface area contributed by atoms with Crippen molar-refractivity contribution in [3.63, 3.8) is 0 Å². The van der Waals surface area contributed by atoms with Gasteiger partial charge in [-0.05, 0) is 29.9 Å². The number of rotatable bonds is 5. The van der Waals surface area contributed by atoms with Gasteiger partial charge in [-0.3, -0.25) is 4.79 Å². The average Bonchev–Trinajstić information content (AvgIpc) is 2.96. The summed E-state index contributed by atoms with van der Waals surface area (Å²) < 4.78 is 27.2. The maximum absolute atomic E-state index is 12.9. The summed E-state index contributed by atoms with van der Waals surface area (Å²) in [5.74, 6) is 0.405. The van der Waals surface area contributed by atoms with Crippen LogP contribution in [0, 0.1) is 5.92 Å². The molecule has 128 valence electrons. The molecule has 1 aromatic carbocycles. The van der Waals surface area contributed by atoms with Gasteiger partial charge in [0.25, 0.3) is 0 Å². The Hall–Kier alpha value is -1.40. The molecule has 0 saturated carbocycles. The van der Waals surface area contributed by atoms with Crippen molar-refractivity contribution >= 4 is 15.9 Å². The maximum atomic E-state index is 12.9. The zero-order valence-corrected chi connectivity index (χ0v) is 15.1. The first-order chi connectivity index (χ1) is 10.7. The highest BCUT2D eigenvalue weighted by molar-refractivity contribution is 7.89. The molecule has 5 nitrogen and oxygen atoms in total. The number of amides is 1. The number of likely N-dealkylation sites (tertiary alicyclic amines) is 1. The van der Waals surface area contributed by atoms with Crippen LogP contribution < -0.4 is 0 Å². The van der Waals surface area contributed by atoms with Crippen molar-refractivity contribution in [1.82, 2.24) is 9.21 Å². The minimum Gasteiger partial charge on any atom is -0.343 e. The van der Waals surface area contributed by atoms with E-state index in [1.54, 1.807) is 31.0 Å². The van der Waals surface area contributed by atoms with Crippen molar-refractivity contribution in [3.8, 4) is 0 Å². The Morgan fingerprint density at radius 1 is 1.35 bits per heavy atom. The highest BCUT2D eigenvalue weighted by Gasteiger charge is 2.30. The Morgan fingerprint density at radius 3 is 2.57 bits per heavy atom. The molecule has 0 N–H and O–H groups in total. The Morgan fingerprint density at radius 2 is 2.00 bits per heavy atom. The summed E-state index contributed by atoms with van der Waals surface area (Å²) in [5.41, 5.74) is 0.844. The molecule has 1 atom stereocenters. The third kappa shape index (κ3) is 3.93. The Bertz CT molecular complexity index is 670. The molecule has 1 fully saturated rings. The van der Waals surface area contributed by atoms with Gasteiger partial charge in [0.2, 0.25) is 15.9 Å². The van der Waals surface area contributed by atoms with Gasteiger partial charge in [0.1, 0.15) is 0 Å². The molecule has 1 aromatic rings. The van der Waals surface area contributed by atoms with Crippen molar-refractivity contribution in [2.24, 2.45) is 5.92 Å². The van der Waals surface area contributed by atoms with Gasteiger partial charge >= 0.3 is 0 Å². The van der Waals surface area contributed by atoms with Crippen LogP contribution in [-0.2, 0) is 14.8 Å². The highest BCUT2D eigenvalue weighted by atomic mass is 32.2. The van der Waals surface area contributed by atoms with Crippen LogP contribution in [0.3, 0.4) is 0 Å². The van der Waals surface area contributed by atoms with Crippen molar-refractivity contribution in [1.29, 1.82) is 0 Å². The van der Waals surface area contributed by atoms with Crippen molar-refractivity contribution in [3.05, 3.63) is 29.8 Å². The number of nitrogens with zero attached hydrogens (tertiary/aromatic N) is 2. The number of sulfonamides is 1. The average molecular weight is 338 g/mol. The molecule has 1 heterocycles. The normalized spacial score (nSPS) is 18.9. The van der Waals surface area contributed by atoms with E-state index in [0.29, 0.717) is 18.0 Å². The molecule has 0 bridgehead atoms. The van der Waals surface area contributed by atoms with E-state index < -0.39 is 10.0 Å². The Labute approximate surface area is 139 Å². The molecular weight excluding hydrogens is 312 g/mol. The van der Waals surface area contributed by atoms with Crippen LogP contribution in [0.1, 0.15) is 38.7 Å². The third-order valence-corrected chi connectivity index (χ3v) is 6.37. The van der Waals surface area contributed by atoms with Crippen LogP contribution in [0.15, 0.2) is 29.2 Å². The minimum absolute atomic E-state index is 0.0585. The van der Waals surface area contributed by atoms with Crippen LogP contribution >= 0.6 is 0 Å². The topological polar surface area (TPSA) is 57.7 Å². The fourth-order valence-electron chi connectivity index (χ4n) is 3.09. The minimum atomic E-state index is -3.51. The molecule has 0 radical (unpaired) electrons. The van der Waals surface area contributed by atoms with Gasteiger partial charge in [0, 0.05) is 33.6 Å². The van der Waals surface area contributed by atoms with Crippen molar-refractivity contribution < 1.29 is 13.2 Å². The molecule has 0 spiro atoms. The van der Waals surface area contributed by atoms with Gasteiger partial charge in [0.05, 0.1) is 4.90 Å². The van der Waals surface area contributed by atoms with E-state index in [2.05, 4.69) is 0 Å². The largest absolute Gasteiger partial charge is 0.343 e. The van der Waals surface area contributed by atoms with Crippen molar-refractivity contribution in [2.45, 2.75) is 38.0 Å². The first-order valence-electron chi connectivity index (χ1n) is 8.04. The van der Waals surface area contributed by atoms with E-state index in [1.807, 2.05) is 26.0 Å². The molecule has 1 amide bonds. The lowest BCUT2D eigenvalue weighted by Crippen LogP contribution is -2.34. The van der Waals surface area contributed by atoms with E-state index in [-0.39, 0.29) is 17.7 Å². The van der Waals surface area contributed by atoms with Gasteiger partial charge in [-0.2, -0.15) is 0 Å². The Kier molecular flexibility index (Phi) is 5.47. The molecule has 0 aromatic heterocycles. The first kappa shape index (κ1) is 17.9. The molecule has 1 aliphatic rings. The maximum Gasteiger partial charge on any atom is 0.243 e. The molecule has 1 saturated heterocycles. The SMILES string of the molecule is CC(=O)N1CCC(CN(C)S(=O)(=O)c2ccccc2C(C)C)C1. The number of carbonyl (C=O) groups is 1. The number of hydrogen-bond donors (Lipinski definition) is 0. The number of carbonyl (C=O) groups excluding carboxylic acids is 1. The zero-order chi connectivity index (χ0) is 17.2. The zero-order valence-electron chi connectivity index (χ0n) is 14.3. The van der Waals surface area contributed by atoms with E-state index in [1.165, 1.54) is 4.31 Å². The first-order valence-corrected chi connectivity index (χ1v) is 9.48. The van der Waals surface area contributed by atoms with Crippen LogP contribution in [0.5, 0.6) is 0 Å². The van der Waals surface area contributed by atoms with Gasteiger partial charge in [-0.25, -0.2) is 12.7 Å².